The van der Waals surface area contributed by atoms with E-state index in [0.717, 1.165) is 18.8 Å². The molecule has 0 saturated carbocycles. The number of aryl methyl sites for hydroxylation is 1. The molecule has 0 unspecified atom stereocenters. The summed E-state index contributed by atoms with van der Waals surface area (Å²) in [6.45, 7) is 5.13. The van der Waals surface area contributed by atoms with Crippen LogP contribution in [0.25, 0.3) is 0 Å². The minimum absolute atomic E-state index is 0.734. The molecule has 2 rings (SSSR count). The highest BCUT2D eigenvalue weighted by Gasteiger charge is 2.17. The Morgan fingerprint density at radius 3 is 2.83 bits per heavy atom. The van der Waals surface area contributed by atoms with Crippen molar-refractivity contribution in [1.82, 2.24) is 0 Å². The highest BCUT2D eigenvalue weighted by atomic mass is 32.1. The third-order valence-electron chi connectivity index (χ3n) is 2.34. The minimum atomic E-state index is 0.734. The van der Waals surface area contributed by atoms with Gasteiger partial charge in [0.1, 0.15) is 5.84 Å². The predicted molar refractivity (Wildman–Crippen MR) is 53.1 cm³/mol. The lowest BCUT2D eigenvalue weighted by atomic mass is 10.1. The molecule has 0 bridgehead atoms. The van der Waals surface area contributed by atoms with Gasteiger partial charge in [0, 0.05) is 28.3 Å². The van der Waals surface area contributed by atoms with Crippen molar-refractivity contribution in [2.45, 2.75) is 20.3 Å². The summed E-state index contributed by atoms with van der Waals surface area (Å²) in [5.74, 6) is 0.734. The van der Waals surface area contributed by atoms with E-state index >= 15 is 0 Å². The molecule has 0 radical (unpaired) electrons. The summed E-state index contributed by atoms with van der Waals surface area (Å²) in [7, 11) is 0. The molecule has 0 aromatic carbocycles. The van der Waals surface area contributed by atoms with E-state index in [9.17, 15) is 0 Å². The Morgan fingerprint density at radius 2 is 2.17 bits per heavy atom. The Bertz CT molecular complexity index is 350. The van der Waals surface area contributed by atoms with Gasteiger partial charge in [0.25, 0.3) is 0 Å². The summed E-state index contributed by atoms with van der Waals surface area (Å²) in [6, 6.07) is 0. The molecule has 0 fully saturated rings. The van der Waals surface area contributed by atoms with Gasteiger partial charge in [0.2, 0.25) is 0 Å². The first-order valence-corrected chi connectivity index (χ1v) is 4.91. The number of nitrogens with two attached hydrogens (primary N) is 1. The van der Waals surface area contributed by atoms with E-state index in [2.05, 4.69) is 18.8 Å². The highest BCUT2D eigenvalue weighted by molar-refractivity contribution is 7.12. The van der Waals surface area contributed by atoms with Gasteiger partial charge < -0.3 is 5.73 Å². The van der Waals surface area contributed by atoms with Gasteiger partial charge in [-0.2, -0.15) is 0 Å². The molecule has 2 N–H and O–H groups in total. The summed E-state index contributed by atoms with van der Waals surface area (Å²) >= 11 is 1.86. The zero-order valence-electron chi connectivity index (χ0n) is 7.35. The van der Waals surface area contributed by atoms with Gasteiger partial charge in [-0.05, 0) is 19.4 Å². The molecular formula is C9H12N2S. The molecule has 0 atom stereocenters. The van der Waals surface area contributed by atoms with Crippen molar-refractivity contribution < 1.29 is 0 Å². The molecule has 1 aliphatic rings. The summed E-state index contributed by atoms with van der Waals surface area (Å²) in [6.07, 6.45) is 1.06. The van der Waals surface area contributed by atoms with E-state index in [1.54, 1.807) is 0 Å². The second-order valence-electron chi connectivity index (χ2n) is 3.10. The lowest BCUT2D eigenvalue weighted by molar-refractivity contribution is 0.958. The molecule has 0 saturated heterocycles. The summed E-state index contributed by atoms with van der Waals surface area (Å²) in [4.78, 5) is 7.04. The fraction of sp³-hybridized carbons (Fsp3) is 0.444. The van der Waals surface area contributed by atoms with Gasteiger partial charge in [-0.15, -0.1) is 11.3 Å². The molecular weight excluding hydrogens is 168 g/mol. The van der Waals surface area contributed by atoms with Gasteiger partial charge >= 0.3 is 0 Å². The molecule has 12 heavy (non-hydrogen) atoms. The van der Waals surface area contributed by atoms with E-state index in [-0.39, 0.29) is 0 Å². The van der Waals surface area contributed by atoms with Crippen molar-refractivity contribution in [3.63, 3.8) is 0 Å². The van der Waals surface area contributed by atoms with Crippen LogP contribution in [0.15, 0.2) is 4.99 Å². The van der Waals surface area contributed by atoms with E-state index in [4.69, 9.17) is 5.73 Å². The number of rotatable bonds is 0. The summed E-state index contributed by atoms with van der Waals surface area (Å²) < 4.78 is 0. The van der Waals surface area contributed by atoms with Gasteiger partial charge in [-0.1, -0.05) is 0 Å². The average Bonchev–Trinajstić information content (AvgIpc) is 2.29. The molecule has 3 heteroatoms. The Kier molecular flexibility index (Phi) is 1.68. The summed E-state index contributed by atoms with van der Waals surface area (Å²) in [5.41, 5.74) is 8.34. The third kappa shape index (κ3) is 0.966. The Morgan fingerprint density at radius 1 is 1.42 bits per heavy atom. The van der Waals surface area contributed by atoms with Gasteiger partial charge in [0.15, 0.2) is 0 Å². The molecule has 1 aliphatic heterocycles. The lowest BCUT2D eigenvalue weighted by Gasteiger charge is -2.09. The SMILES string of the molecule is Cc1sc2c(c1C)C(N)=NCC2. The quantitative estimate of drug-likeness (QED) is 0.647. The van der Waals surface area contributed by atoms with Crippen LogP contribution in [0, 0.1) is 13.8 Å². The molecule has 0 aliphatic carbocycles. The van der Waals surface area contributed by atoms with Crippen LogP contribution in [0.4, 0.5) is 0 Å². The molecule has 1 aromatic heterocycles. The second-order valence-corrected chi connectivity index (χ2v) is 4.41. The zero-order valence-corrected chi connectivity index (χ0v) is 8.16. The molecule has 0 amide bonds. The van der Waals surface area contributed by atoms with Gasteiger partial charge in [0.05, 0.1) is 0 Å². The van der Waals surface area contributed by atoms with Crippen molar-refractivity contribution in [3.8, 4) is 0 Å². The van der Waals surface area contributed by atoms with E-state index in [1.807, 2.05) is 11.3 Å². The van der Waals surface area contributed by atoms with Crippen molar-refractivity contribution in [1.29, 1.82) is 0 Å². The average molecular weight is 180 g/mol. The maximum absolute atomic E-state index is 5.82. The monoisotopic (exact) mass is 180 g/mol. The van der Waals surface area contributed by atoms with Crippen LogP contribution < -0.4 is 5.73 Å². The standard InChI is InChI=1S/C9H12N2S/c1-5-6(2)12-7-3-4-11-9(10)8(5)7/h3-4H2,1-2H3,(H2,10,11). The number of amidine groups is 1. The van der Waals surface area contributed by atoms with Crippen molar-refractivity contribution in [3.05, 3.63) is 20.9 Å². The Balaban J connectivity index is 2.65. The van der Waals surface area contributed by atoms with E-state index < -0.39 is 0 Å². The van der Waals surface area contributed by atoms with Crippen LogP contribution in [-0.4, -0.2) is 12.4 Å². The van der Waals surface area contributed by atoms with Crippen LogP contribution in [0.2, 0.25) is 0 Å². The largest absolute Gasteiger partial charge is 0.383 e. The van der Waals surface area contributed by atoms with Crippen LogP contribution in [0.1, 0.15) is 20.9 Å². The van der Waals surface area contributed by atoms with Crippen LogP contribution in [-0.2, 0) is 6.42 Å². The molecule has 64 valence electrons. The number of fused-ring (bicyclic) bond motifs is 1. The second kappa shape index (κ2) is 2.59. The first kappa shape index (κ1) is 7.80. The first-order chi connectivity index (χ1) is 5.70. The zero-order chi connectivity index (χ0) is 8.72. The number of hydrogen-bond acceptors (Lipinski definition) is 3. The maximum atomic E-state index is 5.82. The van der Waals surface area contributed by atoms with E-state index in [1.165, 1.54) is 20.9 Å². The molecule has 2 nitrogen and oxygen atoms in total. The van der Waals surface area contributed by atoms with E-state index in [0.29, 0.717) is 0 Å². The normalized spacial score (nSPS) is 15.7. The fourth-order valence-electron chi connectivity index (χ4n) is 1.57. The summed E-state index contributed by atoms with van der Waals surface area (Å²) in [5, 5.41) is 0. The van der Waals surface area contributed by atoms with Gasteiger partial charge in [-0.3, -0.25) is 4.99 Å². The first-order valence-electron chi connectivity index (χ1n) is 4.09. The fourth-order valence-corrected chi connectivity index (χ4v) is 2.74. The van der Waals surface area contributed by atoms with Crippen molar-refractivity contribution >= 4 is 17.2 Å². The number of aliphatic imine (C=N–C) groups is 1. The number of hydrogen-bond donors (Lipinski definition) is 1. The Labute approximate surface area is 76.1 Å². The van der Waals surface area contributed by atoms with Crippen LogP contribution >= 0.6 is 11.3 Å². The van der Waals surface area contributed by atoms with Crippen molar-refractivity contribution in [2.75, 3.05) is 6.54 Å². The van der Waals surface area contributed by atoms with Crippen molar-refractivity contribution in [2.24, 2.45) is 10.7 Å². The molecule has 2 heterocycles. The maximum Gasteiger partial charge on any atom is 0.127 e. The smallest absolute Gasteiger partial charge is 0.127 e. The molecule has 1 aromatic rings. The topological polar surface area (TPSA) is 38.4 Å². The van der Waals surface area contributed by atoms with Crippen LogP contribution in [0.3, 0.4) is 0 Å². The van der Waals surface area contributed by atoms with Gasteiger partial charge in [-0.25, -0.2) is 0 Å². The highest BCUT2D eigenvalue weighted by Crippen LogP contribution is 2.29. The third-order valence-corrected chi connectivity index (χ3v) is 3.60. The lowest BCUT2D eigenvalue weighted by Crippen LogP contribution is -2.20. The number of nitrogens with zero attached hydrogens (tertiary/aromatic N) is 1. The Hall–Kier alpha value is -0.830. The molecule has 0 spiro atoms. The predicted octanol–water partition coefficient (Wildman–Crippen LogP) is 1.63. The number of thiophene rings is 1. The minimum Gasteiger partial charge on any atom is -0.383 e. The van der Waals surface area contributed by atoms with Crippen LogP contribution in [0.5, 0.6) is 0 Å².